The maximum absolute atomic E-state index is 11.8. The quantitative estimate of drug-likeness (QED) is 0.775. The van der Waals surface area contributed by atoms with Gasteiger partial charge in [-0.15, -0.1) is 0 Å². The average molecular weight is 319 g/mol. The highest BCUT2D eigenvalue weighted by atomic mass is 35.5. The Morgan fingerprint density at radius 3 is 2.50 bits per heavy atom. The highest BCUT2D eigenvalue weighted by Gasteiger charge is 2.21. The molecule has 0 fully saturated rings. The highest BCUT2D eigenvalue weighted by Crippen LogP contribution is 2.29. The van der Waals surface area contributed by atoms with Crippen LogP contribution in [0, 0.1) is 5.92 Å². The number of hydrogen-bond acceptors (Lipinski definition) is 2. The lowest BCUT2D eigenvalue weighted by molar-refractivity contribution is -0.139. The second-order valence-electron chi connectivity index (χ2n) is 4.72. The summed E-state index contributed by atoms with van der Waals surface area (Å²) < 4.78 is 0. The molecule has 1 rings (SSSR count). The Bertz CT molecular complexity index is 506. The molecule has 1 unspecified atom stereocenters. The van der Waals surface area contributed by atoms with E-state index in [1.54, 1.807) is 18.2 Å². The van der Waals surface area contributed by atoms with Gasteiger partial charge in [0.1, 0.15) is 6.04 Å². The van der Waals surface area contributed by atoms with Crippen molar-refractivity contribution in [3.63, 3.8) is 0 Å². The number of halogens is 2. The fraction of sp³-hybridized carbons (Fsp3) is 0.385. The molecule has 0 bridgehead atoms. The van der Waals surface area contributed by atoms with Crippen LogP contribution in [0.15, 0.2) is 18.2 Å². The Kier molecular flexibility index (Phi) is 6.10. The van der Waals surface area contributed by atoms with Crippen molar-refractivity contribution in [1.29, 1.82) is 0 Å². The molecule has 5 nitrogen and oxygen atoms in total. The lowest BCUT2D eigenvalue weighted by Gasteiger charge is -2.17. The number of nitrogens with one attached hydrogen (secondary N) is 2. The van der Waals surface area contributed by atoms with Gasteiger partial charge in [-0.25, -0.2) is 9.59 Å². The van der Waals surface area contributed by atoms with Crippen molar-refractivity contribution in [3.8, 4) is 0 Å². The summed E-state index contributed by atoms with van der Waals surface area (Å²) in [6, 6.07) is 3.21. The van der Waals surface area contributed by atoms with Gasteiger partial charge in [0, 0.05) is 0 Å². The lowest BCUT2D eigenvalue weighted by Crippen LogP contribution is -2.43. The molecule has 1 atom stereocenters. The van der Waals surface area contributed by atoms with Gasteiger partial charge >= 0.3 is 12.0 Å². The summed E-state index contributed by atoms with van der Waals surface area (Å²) in [7, 11) is 0. The summed E-state index contributed by atoms with van der Waals surface area (Å²) in [5.74, 6) is -0.933. The van der Waals surface area contributed by atoms with Crippen molar-refractivity contribution in [2.45, 2.75) is 26.3 Å². The Morgan fingerprint density at radius 2 is 1.95 bits per heavy atom. The zero-order valence-electron chi connectivity index (χ0n) is 11.1. The van der Waals surface area contributed by atoms with E-state index in [-0.39, 0.29) is 10.9 Å². The van der Waals surface area contributed by atoms with Gasteiger partial charge in [-0.2, -0.15) is 0 Å². The van der Waals surface area contributed by atoms with Crippen LogP contribution >= 0.6 is 23.2 Å². The number of amides is 2. The molecule has 7 heteroatoms. The monoisotopic (exact) mass is 318 g/mol. The molecule has 1 aromatic rings. The van der Waals surface area contributed by atoms with E-state index < -0.39 is 18.0 Å². The van der Waals surface area contributed by atoms with Crippen molar-refractivity contribution < 1.29 is 14.7 Å². The smallest absolute Gasteiger partial charge is 0.326 e. The molecule has 0 aliphatic heterocycles. The maximum Gasteiger partial charge on any atom is 0.326 e. The predicted octanol–water partition coefficient (Wildman–Crippen LogP) is 3.61. The maximum atomic E-state index is 11.8. The first-order valence-electron chi connectivity index (χ1n) is 6.05. The minimum atomic E-state index is -1.08. The Morgan fingerprint density at radius 1 is 1.30 bits per heavy atom. The van der Waals surface area contributed by atoms with Crippen LogP contribution in [0.4, 0.5) is 10.5 Å². The number of carbonyl (C=O) groups is 2. The topological polar surface area (TPSA) is 78.4 Å². The molecule has 0 aromatic heterocycles. The average Bonchev–Trinajstić information content (AvgIpc) is 2.33. The van der Waals surface area contributed by atoms with Gasteiger partial charge in [-0.1, -0.05) is 43.1 Å². The molecule has 0 aliphatic rings. The predicted molar refractivity (Wildman–Crippen MR) is 79.5 cm³/mol. The molecule has 2 amide bonds. The molecule has 110 valence electrons. The van der Waals surface area contributed by atoms with E-state index in [9.17, 15) is 9.59 Å². The molecule has 0 saturated carbocycles. The van der Waals surface area contributed by atoms with Crippen LogP contribution in [0.25, 0.3) is 0 Å². The second kappa shape index (κ2) is 7.36. The third-order valence-electron chi connectivity index (χ3n) is 2.51. The Hall–Kier alpha value is -1.46. The largest absolute Gasteiger partial charge is 0.480 e. The van der Waals surface area contributed by atoms with E-state index >= 15 is 0 Å². The van der Waals surface area contributed by atoms with Crippen LogP contribution in [0.1, 0.15) is 20.3 Å². The number of carboxylic acids is 1. The number of urea groups is 1. The molecule has 0 aliphatic carbocycles. The number of carbonyl (C=O) groups excluding carboxylic acids is 1. The molecule has 0 heterocycles. The first-order chi connectivity index (χ1) is 9.31. The van der Waals surface area contributed by atoms with Gasteiger partial charge in [0.05, 0.1) is 15.7 Å². The van der Waals surface area contributed by atoms with Gasteiger partial charge < -0.3 is 15.7 Å². The zero-order chi connectivity index (χ0) is 15.3. The van der Waals surface area contributed by atoms with Crippen LogP contribution < -0.4 is 10.6 Å². The highest BCUT2D eigenvalue weighted by molar-refractivity contribution is 6.43. The molecule has 20 heavy (non-hydrogen) atoms. The van der Waals surface area contributed by atoms with Gasteiger partial charge in [0.25, 0.3) is 0 Å². The molecule has 0 spiro atoms. The fourth-order valence-electron chi connectivity index (χ4n) is 1.61. The van der Waals surface area contributed by atoms with Crippen molar-refractivity contribution in [3.05, 3.63) is 28.2 Å². The molecular weight excluding hydrogens is 303 g/mol. The second-order valence-corrected chi connectivity index (χ2v) is 5.51. The van der Waals surface area contributed by atoms with Gasteiger partial charge in [-0.3, -0.25) is 0 Å². The number of rotatable bonds is 5. The van der Waals surface area contributed by atoms with Gasteiger partial charge in [-0.05, 0) is 24.5 Å². The first kappa shape index (κ1) is 16.6. The molecule has 1 aromatic carbocycles. The number of hydrogen-bond donors (Lipinski definition) is 3. The molecule has 0 saturated heterocycles. The summed E-state index contributed by atoms with van der Waals surface area (Å²) in [5.41, 5.74) is 0.324. The molecular formula is C13H16Cl2N2O3. The van der Waals surface area contributed by atoms with Gasteiger partial charge in [0.15, 0.2) is 0 Å². The summed E-state index contributed by atoms with van der Waals surface area (Å²) in [5, 5.41) is 14.4. The summed E-state index contributed by atoms with van der Waals surface area (Å²) >= 11 is 11.8. The normalized spacial score (nSPS) is 12.1. The van der Waals surface area contributed by atoms with E-state index in [1.165, 1.54) is 0 Å². The van der Waals surface area contributed by atoms with E-state index in [0.29, 0.717) is 17.1 Å². The van der Waals surface area contributed by atoms with E-state index in [2.05, 4.69) is 10.6 Å². The molecule has 0 radical (unpaired) electrons. The fourth-order valence-corrected chi connectivity index (χ4v) is 1.96. The summed E-state index contributed by atoms with van der Waals surface area (Å²) in [6.45, 7) is 3.76. The van der Waals surface area contributed by atoms with E-state index in [4.69, 9.17) is 28.3 Å². The number of anilines is 1. The minimum absolute atomic E-state index is 0.145. The van der Waals surface area contributed by atoms with Gasteiger partial charge in [0.2, 0.25) is 0 Å². The number of benzene rings is 1. The van der Waals surface area contributed by atoms with Crippen LogP contribution in [0.5, 0.6) is 0 Å². The summed E-state index contributed by atoms with van der Waals surface area (Å²) in [4.78, 5) is 22.8. The first-order valence-corrected chi connectivity index (χ1v) is 6.81. The minimum Gasteiger partial charge on any atom is -0.480 e. The number of carboxylic acid groups (broad SMARTS) is 1. The third-order valence-corrected chi connectivity index (χ3v) is 3.33. The Balaban J connectivity index is 2.71. The van der Waals surface area contributed by atoms with Crippen LogP contribution in [0.2, 0.25) is 10.0 Å². The summed E-state index contributed by atoms with van der Waals surface area (Å²) in [6.07, 6.45) is 0.339. The number of aliphatic carboxylic acids is 1. The van der Waals surface area contributed by atoms with Crippen molar-refractivity contribution in [2.75, 3.05) is 5.32 Å². The van der Waals surface area contributed by atoms with Crippen LogP contribution in [0.3, 0.4) is 0 Å². The standard InChI is InChI=1S/C13H16Cl2N2O3/c1-7(2)6-10(12(18)19)17-13(20)16-9-5-3-4-8(14)11(9)15/h3-5,7,10H,6H2,1-2H3,(H,18,19)(H2,16,17,20). The van der Waals surface area contributed by atoms with E-state index in [1.807, 2.05) is 13.8 Å². The van der Waals surface area contributed by atoms with Crippen molar-refractivity contribution >= 4 is 40.9 Å². The third kappa shape index (κ3) is 4.90. The van der Waals surface area contributed by atoms with E-state index in [0.717, 1.165) is 0 Å². The lowest BCUT2D eigenvalue weighted by atomic mass is 10.0. The van der Waals surface area contributed by atoms with Crippen LogP contribution in [-0.4, -0.2) is 23.1 Å². The van der Waals surface area contributed by atoms with Crippen molar-refractivity contribution in [1.82, 2.24) is 5.32 Å². The molecule has 3 N–H and O–H groups in total. The zero-order valence-corrected chi connectivity index (χ0v) is 12.6. The van der Waals surface area contributed by atoms with Crippen LogP contribution in [-0.2, 0) is 4.79 Å². The van der Waals surface area contributed by atoms with Crippen molar-refractivity contribution in [2.24, 2.45) is 5.92 Å². The Labute approximate surface area is 127 Å². The SMILES string of the molecule is CC(C)CC(NC(=O)Nc1cccc(Cl)c1Cl)C(=O)O.